The molecule has 0 aliphatic rings. The van der Waals surface area contributed by atoms with Crippen molar-refractivity contribution in [3.63, 3.8) is 0 Å². The number of phosphoric ester groups is 1. The molecule has 0 saturated heterocycles. The average molecular weight is 894 g/mol. The summed E-state index contributed by atoms with van der Waals surface area (Å²) in [6, 6.07) is -1.56. The highest BCUT2D eigenvalue weighted by molar-refractivity contribution is 7.47. The molecule has 0 aromatic rings. The zero-order chi connectivity index (χ0) is 45.6. The van der Waals surface area contributed by atoms with E-state index in [1.807, 2.05) is 0 Å². The van der Waals surface area contributed by atoms with Crippen LogP contribution in [0.25, 0.3) is 0 Å². The molecule has 0 rings (SSSR count). The number of ether oxygens (including phenoxy) is 1. The molecule has 62 heavy (non-hydrogen) atoms. The number of carboxylic acids is 1. The van der Waals surface area contributed by atoms with Crippen LogP contribution in [0, 0.1) is 0 Å². The molecule has 4 N–H and O–H groups in total. The molecule has 0 spiro atoms. The highest BCUT2D eigenvalue weighted by Crippen LogP contribution is 2.43. The molecule has 3 unspecified atom stereocenters. The van der Waals surface area contributed by atoms with Crippen LogP contribution in [0.4, 0.5) is 0 Å². The lowest BCUT2D eigenvalue weighted by Crippen LogP contribution is -2.43. The van der Waals surface area contributed by atoms with E-state index in [2.05, 4.69) is 79.9 Å². The Morgan fingerprint density at radius 2 is 0.887 bits per heavy atom. The first-order chi connectivity index (χ1) is 30.1. The molecule has 0 aliphatic heterocycles. The summed E-state index contributed by atoms with van der Waals surface area (Å²) in [6.45, 7) is 2.55. The molecule has 0 bridgehead atoms. The van der Waals surface area contributed by atoms with Crippen molar-refractivity contribution in [2.45, 2.75) is 219 Å². The van der Waals surface area contributed by atoms with Gasteiger partial charge in [0.25, 0.3) is 0 Å². The third-order valence-corrected chi connectivity index (χ3v) is 11.2. The van der Waals surface area contributed by atoms with Crippen LogP contribution in [-0.2, 0) is 32.7 Å². The molecule has 0 fully saturated rings. The Balaban J connectivity index is 3.90. The Labute approximate surface area is 376 Å². The van der Waals surface area contributed by atoms with Crippen molar-refractivity contribution in [3.05, 3.63) is 60.8 Å². The van der Waals surface area contributed by atoms with Gasteiger partial charge in [-0.25, -0.2) is 9.36 Å². The molecule has 0 aromatic carbocycles. The van der Waals surface area contributed by atoms with Crippen LogP contribution in [-0.4, -0.2) is 64.9 Å². The third kappa shape index (κ3) is 43.8. The average Bonchev–Trinajstić information content (AvgIpc) is 3.25. The Morgan fingerprint density at radius 1 is 0.516 bits per heavy atom. The summed E-state index contributed by atoms with van der Waals surface area (Å²) in [4.78, 5) is 46.0. The van der Waals surface area contributed by atoms with Gasteiger partial charge in [0.1, 0.15) is 12.7 Å². The van der Waals surface area contributed by atoms with Crippen LogP contribution in [0.15, 0.2) is 60.8 Å². The van der Waals surface area contributed by atoms with Crippen molar-refractivity contribution in [1.82, 2.24) is 5.32 Å². The third-order valence-electron chi connectivity index (χ3n) is 10.3. The minimum absolute atomic E-state index is 0.130. The lowest BCUT2D eigenvalue weighted by Gasteiger charge is -2.18. The van der Waals surface area contributed by atoms with E-state index in [0.717, 1.165) is 103 Å². The van der Waals surface area contributed by atoms with E-state index in [0.29, 0.717) is 12.8 Å². The first-order valence-corrected chi connectivity index (χ1v) is 25.8. The van der Waals surface area contributed by atoms with E-state index >= 15 is 0 Å². The Kier molecular flexibility index (Phi) is 42.7. The van der Waals surface area contributed by atoms with Gasteiger partial charge >= 0.3 is 19.8 Å². The van der Waals surface area contributed by atoms with Crippen molar-refractivity contribution >= 4 is 25.7 Å². The maximum atomic E-state index is 12.4. The summed E-state index contributed by atoms with van der Waals surface area (Å²) >= 11 is 0. The zero-order valence-corrected chi connectivity index (χ0v) is 39.8. The first kappa shape index (κ1) is 59.2. The molecule has 3 atom stereocenters. The fraction of sp³-hybridized carbons (Fsp3) is 0.740. The summed E-state index contributed by atoms with van der Waals surface area (Å²) in [5.41, 5.74) is 0. The van der Waals surface area contributed by atoms with Gasteiger partial charge in [-0.15, -0.1) is 0 Å². The topological polar surface area (TPSA) is 169 Å². The van der Waals surface area contributed by atoms with Gasteiger partial charge in [0.05, 0.1) is 13.2 Å². The predicted molar refractivity (Wildman–Crippen MR) is 254 cm³/mol. The monoisotopic (exact) mass is 894 g/mol. The number of hydrogen-bond acceptors (Lipinski definition) is 8. The second kappa shape index (κ2) is 44.8. The second-order valence-electron chi connectivity index (χ2n) is 16.3. The quantitative estimate of drug-likeness (QED) is 0.0200. The van der Waals surface area contributed by atoms with Gasteiger partial charge in [0.2, 0.25) is 5.91 Å². The molecular weight excluding hydrogens is 806 g/mol. The Bertz CT molecular complexity index is 1280. The van der Waals surface area contributed by atoms with E-state index in [9.17, 15) is 34.1 Å². The maximum absolute atomic E-state index is 12.4. The number of carbonyl (C=O) groups is 3. The lowest BCUT2D eigenvalue weighted by atomic mass is 10.1. The van der Waals surface area contributed by atoms with Crippen LogP contribution in [0.3, 0.4) is 0 Å². The van der Waals surface area contributed by atoms with Crippen LogP contribution in [0.5, 0.6) is 0 Å². The molecule has 1 amide bonds. The summed E-state index contributed by atoms with van der Waals surface area (Å²) in [5, 5.41) is 21.9. The summed E-state index contributed by atoms with van der Waals surface area (Å²) < 4.78 is 26.9. The van der Waals surface area contributed by atoms with Gasteiger partial charge in [0, 0.05) is 12.8 Å². The minimum atomic E-state index is -4.77. The van der Waals surface area contributed by atoms with Gasteiger partial charge in [-0.3, -0.25) is 18.6 Å². The highest BCUT2D eigenvalue weighted by atomic mass is 31.2. The largest absolute Gasteiger partial charge is 0.480 e. The summed E-state index contributed by atoms with van der Waals surface area (Å²) in [6.07, 6.45) is 52.3. The molecule has 12 heteroatoms. The number of phosphoric acid groups is 1. The van der Waals surface area contributed by atoms with Crippen LogP contribution in [0.1, 0.15) is 206 Å². The van der Waals surface area contributed by atoms with Crippen molar-refractivity contribution in [1.29, 1.82) is 0 Å². The molecule has 0 radical (unpaired) electrons. The normalized spacial score (nSPS) is 14.1. The SMILES string of the molecule is CCCCC/C=C\C/C=C\C/C=C\C/C=C\CCCCCCCCCC(=O)NC(COP(=O)(O)OCC(O)COC(=O)CCCCCCC/C=C\CCCCCCCC)C(=O)O. The van der Waals surface area contributed by atoms with Gasteiger partial charge < -0.3 is 25.2 Å². The zero-order valence-electron chi connectivity index (χ0n) is 38.9. The maximum Gasteiger partial charge on any atom is 0.472 e. The van der Waals surface area contributed by atoms with Crippen molar-refractivity contribution < 1.29 is 47.8 Å². The first-order valence-electron chi connectivity index (χ1n) is 24.3. The van der Waals surface area contributed by atoms with E-state index < -0.39 is 57.6 Å². The van der Waals surface area contributed by atoms with E-state index in [4.69, 9.17) is 13.8 Å². The molecule has 358 valence electrons. The molecule has 0 heterocycles. The number of carboxylic acid groups (broad SMARTS) is 1. The fourth-order valence-electron chi connectivity index (χ4n) is 6.47. The summed E-state index contributed by atoms with van der Waals surface area (Å²) in [7, 11) is -4.77. The van der Waals surface area contributed by atoms with Crippen LogP contribution < -0.4 is 5.32 Å². The highest BCUT2D eigenvalue weighted by Gasteiger charge is 2.28. The van der Waals surface area contributed by atoms with Gasteiger partial charge in [-0.05, 0) is 83.5 Å². The number of amides is 1. The number of aliphatic hydroxyl groups is 1. The minimum Gasteiger partial charge on any atom is -0.480 e. The smallest absolute Gasteiger partial charge is 0.472 e. The number of carbonyl (C=O) groups excluding carboxylic acids is 2. The molecule has 0 saturated carbocycles. The predicted octanol–water partition coefficient (Wildman–Crippen LogP) is 13.1. The number of hydrogen-bond donors (Lipinski definition) is 4. The lowest BCUT2D eigenvalue weighted by molar-refractivity contribution is -0.147. The molecule has 0 aromatic heterocycles. The number of unbranched alkanes of at least 4 members (excludes halogenated alkanes) is 21. The molecule has 0 aliphatic carbocycles. The van der Waals surface area contributed by atoms with Crippen molar-refractivity contribution in [2.24, 2.45) is 0 Å². The van der Waals surface area contributed by atoms with Crippen LogP contribution >= 0.6 is 7.82 Å². The van der Waals surface area contributed by atoms with Crippen molar-refractivity contribution in [2.75, 3.05) is 19.8 Å². The van der Waals surface area contributed by atoms with Crippen molar-refractivity contribution in [3.8, 4) is 0 Å². The second-order valence-corrected chi connectivity index (χ2v) is 17.7. The molecular formula is C50H88NO10P. The van der Waals surface area contributed by atoms with E-state index in [1.54, 1.807) is 0 Å². The Hall–Kier alpha value is -2.82. The van der Waals surface area contributed by atoms with E-state index in [1.165, 1.54) is 64.2 Å². The Morgan fingerprint density at radius 3 is 1.37 bits per heavy atom. The number of rotatable bonds is 45. The number of aliphatic carboxylic acids is 1. The number of aliphatic hydroxyl groups excluding tert-OH is 1. The fourth-order valence-corrected chi connectivity index (χ4v) is 7.24. The standard InChI is InChI=1S/C50H88NO10P/c1-3-5-7-9-11-13-15-17-19-20-21-22-23-24-25-26-28-29-31-33-35-37-39-41-48(53)51-47(50(55)56)45-61-62(57,58)60-44-46(52)43-59-49(54)42-40-38-36-34-32-30-27-18-16-14-12-10-8-6-4-2/h11,13,17-19,21-22,24-25,27,46-47,52H,3-10,12,14-16,20,23,26,28-45H2,1-2H3,(H,51,53)(H,55,56)(H,57,58)/b13-11-,19-17-,22-21-,25-24-,27-18-. The van der Waals surface area contributed by atoms with Gasteiger partial charge in [-0.1, -0.05) is 171 Å². The molecule has 11 nitrogen and oxygen atoms in total. The van der Waals surface area contributed by atoms with Gasteiger partial charge in [-0.2, -0.15) is 0 Å². The number of esters is 1. The number of allylic oxidation sites excluding steroid dienone is 10. The van der Waals surface area contributed by atoms with Crippen LogP contribution in [0.2, 0.25) is 0 Å². The van der Waals surface area contributed by atoms with E-state index in [-0.39, 0.29) is 12.8 Å². The number of nitrogens with one attached hydrogen (secondary N) is 1. The summed E-state index contributed by atoms with van der Waals surface area (Å²) in [5.74, 6) is -2.40. The van der Waals surface area contributed by atoms with Gasteiger partial charge in [0.15, 0.2) is 6.04 Å².